The number of hydrogen-bond acceptors (Lipinski definition) is 5. The third kappa shape index (κ3) is 4.75. The van der Waals surface area contributed by atoms with Gasteiger partial charge in [0.05, 0.1) is 33.5 Å². The summed E-state index contributed by atoms with van der Waals surface area (Å²) in [7, 11) is -3.94. The van der Waals surface area contributed by atoms with Gasteiger partial charge in [-0.3, -0.25) is 4.98 Å². The van der Waals surface area contributed by atoms with E-state index in [9.17, 15) is 12.8 Å². The fraction of sp³-hybridized carbons (Fsp3) is 0.226. The summed E-state index contributed by atoms with van der Waals surface area (Å²) in [4.78, 5) is 11.8. The zero-order valence-corrected chi connectivity index (χ0v) is 23.8. The number of rotatable bonds is 5. The Morgan fingerprint density at radius 1 is 1.00 bits per heavy atom. The molecule has 6 nitrogen and oxygen atoms in total. The number of halogens is 2. The van der Waals surface area contributed by atoms with Crippen LogP contribution in [0.15, 0.2) is 84.1 Å². The van der Waals surface area contributed by atoms with Crippen LogP contribution in [0.4, 0.5) is 10.2 Å². The van der Waals surface area contributed by atoms with Gasteiger partial charge in [0.2, 0.25) is 0 Å². The number of piperidine rings is 1. The van der Waals surface area contributed by atoms with Gasteiger partial charge in [0.15, 0.2) is 0 Å². The van der Waals surface area contributed by atoms with Gasteiger partial charge in [-0.25, -0.2) is 21.8 Å². The Labute approximate surface area is 238 Å². The van der Waals surface area contributed by atoms with Gasteiger partial charge in [-0.15, -0.1) is 0 Å². The molecule has 1 aliphatic heterocycles. The smallest absolute Gasteiger partial charge is 0.268 e. The summed E-state index contributed by atoms with van der Waals surface area (Å²) >= 11 is 6.39. The van der Waals surface area contributed by atoms with Crippen LogP contribution in [-0.2, 0) is 10.0 Å². The summed E-state index contributed by atoms with van der Waals surface area (Å²) in [5.41, 5.74) is 3.33. The second kappa shape index (κ2) is 10.3. The molecule has 2 aromatic heterocycles. The van der Waals surface area contributed by atoms with Crippen molar-refractivity contribution in [2.24, 2.45) is 5.92 Å². The molecular weight excluding hydrogens is 547 g/mol. The van der Waals surface area contributed by atoms with E-state index in [1.165, 1.54) is 10.0 Å². The Morgan fingerprint density at radius 3 is 2.48 bits per heavy atom. The summed E-state index contributed by atoms with van der Waals surface area (Å²) in [5.74, 6) is 0.960. The quantitative estimate of drug-likeness (QED) is 0.220. The third-order valence-corrected chi connectivity index (χ3v) is 9.61. The van der Waals surface area contributed by atoms with Gasteiger partial charge >= 0.3 is 0 Å². The first-order chi connectivity index (χ1) is 19.2. The van der Waals surface area contributed by atoms with Crippen LogP contribution in [-0.4, -0.2) is 35.4 Å². The van der Waals surface area contributed by atoms with Crippen molar-refractivity contribution in [1.82, 2.24) is 13.9 Å². The summed E-state index contributed by atoms with van der Waals surface area (Å²) in [6.07, 6.45) is 7.11. The first kappa shape index (κ1) is 26.5. The number of fused-ring (bicyclic) bond motifs is 1. The van der Waals surface area contributed by atoms with Crippen molar-refractivity contribution in [2.45, 2.75) is 31.6 Å². The van der Waals surface area contributed by atoms with Crippen molar-refractivity contribution in [3.8, 4) is 22.4 Å². The monoisotopic (exact) mass is 574 g/mol. The highest BCUT2D eigenvalue weighted by Crippen LogP contribution is 2.38. The predicted molar refractivity (Wildman–Crippen MR) is 158 cm³/mol. The summed E-state index contributed by atoms with van der Waals surface area (Å²) < 4.78 is 43.8. The normalized spacial score (nSPS) is 14.7. The summed E-state index contributed by atoms with van der Waals surface area (Å²) in [6.45, 7) is 5.93. The number of aryl methyl sites for hydroxylation is 1. The van der Waals surface area contributed by atoms with Crippen molar-refractivity contribution in [1.29, 1.82) is 0 Å². The molecule has 40 heavy (non-hydrogen) atoms. The minimum atomic E-state index is -3.94. The number of anilines is 1. The zero-order chi connectivity index (χ0) is 28.0. The Hall–Kier alpha value is -3.75. The predicted octanol–water partition coefficient (Wildman–Crippen LogP) is 7.34. The van der Waals surface area contributed by atoms with Crippen molar-refractivity contribution in [3.63, 3.8) is 0 Å². The van der Waals surface area contributed by atoms with Crippen LogP contribution in [0, 0.1) is 18.7 Å². The molecular formula is C31H28ClFN4O2S. The minimum absolute atomic E-state index is 0.171. The van der Waals surface area contributed by atoms with Crippen LogP contribution in [0.1, 0.15) is 25.3 Å². The highest BCUT2D eigenvalue weighted by Gasteiger charge is 2.24. The van der Waals surface area contributed by atoms with Gasteiger partial charge < -0.3 is 4.90 Å². The molecule has 1 aliphatic rings. The molecule has 0 spiro atoms. The molecule has 0 saturated carbocycles. The molecule has 1 fully saturated rings. The average molecular weight is 575 g/mol. The van der Waals surface area contributed by atoms with Gasteiger partial charge in [-0.05, 0) is 67.6 Å². The van der Waals surface area contributed by atoms with E-state index >= 15 is 0 Å². The fourth-order valence-corrected chi connectivity index (χ4v) is 6.87. The van der Waals surface area contributed by atoms with Gasteiger partial charge in [0, 0.05) is 35.8 Å². The molecule has 6 rings (SSSR count). The van der Waals surface area contributed by atoms with E-state index < -0.39 is 15.8 Å². The lowest BCUT2D eigenvalue weighted by molar-refractivity contribution is 0.436. The van der Waals surface area contributed by atoms with Crippen LogP contribution in [0.3, 0.4) is 0 Å². The van der Waals surface area contributed by atoms with E-state index in [2.05, 4.69) is 16.8 Å². The van der Waals surface area contributed by atoms with Crippen molar-refractivity contribution < 1.29 is 12.8 Å². The molecule has 204 valence electrons. The van der Waals surface area contributed by atoms with Crippen LogP contribution in [0.5, 0.6) is 0 Å². The molecule has 9 heteroatoms. The number of hydrogen-bond donors (Lipinski definition) is 0. The molecule has 3 aromatic carbocycles. The van der Waals surface area contributed by atoms with E-state index in [1.807, 2.05) is 6.92 Å². The number of nitrogens with zero attached hydrogens (tertiary/aromatic N) is 4. The van der Waals surface area contributed by atoms with E-state index in [0.29, 0.717) is 33.6 Å². The van der Waals surface area contributed by atoms with Crippen LogP contribution in [0.25, 0.3) is 33.3 Å². The Bertz CT molecular complexity index is 1810. The summed E-state index contributed by atoms with van der Waals surface area (Å²) in [6, 6.07) is 16.4. The molecule has 0 atom stereocenters. The van der Waals surface area contributed by atoms with Crippen LogP contribution >= 0.6 is 11.6 Å². The Balaban J connectivity index is 1.55. The van der Waals surface area contributed by atoms with Gasteiger partial charge in [0.1, 0.15) is 11.6 Å². The maximum absolute atomic E-state index is 14.9. The SMILES string of the molecule is Cc1ccc(S(=O)(=O)n2cc(-c3cncc(N4CCC(C)CC4)n3)c3cc(-c4c(F)cccc4Cl)ccc32)cc1. The van der Waals surface area contributed by atoms with Crippen molar-refractivity contribution >= 4 is 38.3 Å². The molecule has 5 aromatic rings. The van der Waals surface area contributed by atoms with E-state index in [-0.39, 0.29) is 15.5 Å². The molecule has 0 bridgehead atoms. The molecule has 3 heterocycles. The van der Waals surface area contributed by atoms with Gasteiger partial charge in [-0.2, -0.15) is 0 Å². The number of benzene rings is 3. The fourth-order valence-electron chi connectivity index (χ4n) is 5.23. The lowest BCUT2D eigenvalue weighted by Crippen LogP contribution is -2.33. The first-order valence-electron chi connectivity index (χ1n) is 13.2. The van der Waals surface area contributed by atoms with Gasteiger partial charge in [-0.1, -0.05) is 48.4 Å². The third-order valence-electron chi connectivity index (χ3n) is 7.61. The minimum Gasteiger partial charge on any atom is -0.355 e. The number of aromatic nitrogens is 3. The van der Waals surface area contributed by atoms with E-state index in [0.717, 1.165) is 37.3 Å². The second-order valence-corrected chi connectivity index (χ2v) is 12.6. The van der Waals surface area contributed by atoms with Crippen LogP contribution < -0.4 is 4.90 Å². The summed E-state index contributed by atoms with van der Waals surface area (Å²) in [5, 5.41) is 0.875. The van der Waals surface area contributed by atoms with Gasteiger partial charge in [0.25, 0.3) is 10.0 Å². The van der Waals surface area contributed by atoms with E-state index in [1.54, 1.807) is 73.2 Å². The lowest BCUT2D eigenvalue weighted by Gasteiger charge is -2.31. The molecule has 0 radical (unpaired) electrons. The topological polar surface area (TPSA) is 68.1 Å². The van der Waals surface area contributed by atoms with Crippen LogP contribution in [0.2, 0.25) is 5.02 Å². The molecule has 1 saturated heterocycles. The second-order valence-electron chi connectivity index (χ2n) is 10.4. The Kier molecular flexibility index (Phi) is 6.84. The highest BCUT2D eigenvalue weighted by atomic mass is 35.5. The Morgan fingerprint density at radius 2 is 1.75 bits per heavy atom. The maximum Gasteiger partial charge on any atom is 0.268 e. The average Bonchev–Trinajstić information content (AvgIpc) is 3.34. The molecule has 0 aliphatic carbocycles. The van der Waals surface area contributed by atoms with Crippen molar-refractivity contribution in [2.75, 3.05) is 18.0 Å². The largest absolute Gasteiger partial charge is 0.355 e. The first-order valence-corrected chi connectivity index (χ1v) is 15.0. The highest BCUT2D eigenvalue weighted by molar-refractivity contribution is 7.90. The lowest BCUT2D eigenvalue weighted by atomic mass is 9.99. The van der Waals surface area contributed by atoms with E-state index in [4.69, 9.17) is 16.6 Å². The zero-order valence-electron chi connectivity index (χ0n) is 22.2. The molecule has 0 N–H and O–H groups in total. The standard InChI is InChI=1S/C31H28ClFN4O2S/c1-20-6-9-23(10-7-20)40(38,39)37-19-25(28-17-34-18-30(35-28)36-14-12-21(2)13-15-36)24-16-22(8-11-29(24)37)31-26(32)4-3-5-27(31)33/h3-11,16-19,21H,12-15H2,1-2H3. The molecule has 0 amide bonds. The molecule has 0 unspecified atom stereocenters. The maximum atomic E-state index is 14.9. The van der Waals surface area contributed by atoms with Crippen molar-refractivity contribution in [3.05, 3.63) is 95.7 Å².